The number of nitrogens with two attached hydrogens (primary N) is 1. The number of amides is 1. The summed E-state index contributed by atoms with van der Waals surface area (Å²) in [7, 11) is 0. The summed E-state index contributed by atoms with van der Waals surface area (Å²) in [5, 5.41) is 15.0. The summed E-state index contributed by atoms with van der Waals surface area (Å²) >= 11 is 0. The second-order valence-electron chi connectivity index (χ2n) is 7.03. The number of halogens is 1. The first-order valence-corrected chi connectivity index (χ1v) is 8.13. The number of carbonyl (C=O) groups excluding carboxylic acids is 1. The molecule has 0 bridgehead atoms. The molecule has 1 aliphatic heterocycles. The summed E-state index contributed by atoms with van der Waals surface area (Å²) < 4.78 is 1.54. The molecule has 1 atom stereocenters. The minimum absolute atomic E-state index is 0. The zero-order chi connectivity index (χ0) is 18.2. The lowest BCUT2D eigenvalue weighted by Gasteiger charge is -2.42. The van der Waals surface area contributed by atoms with Crippen molar-refractivity contribution in [2.24, 2.45) is 11.1 Å². The van der Waals surface area contributed by atoms with Gasteiger partial charge >= 0.3 is 0 Å². The molecule has 8 nitrogen and oxygen atoms in total. The van der Waals surface area contributed by atoms with Crippen molar-refractivity contribution in [1.82, 2.24) is 14.7 Å². The minimum Gasteiger partial charge on any atom is -0.337 e. The van der Waals surface area contributed by atoms with E-state index in [4.69, 9.17) is 5.73 Å². The Morgan fingerprint density at radius 1 is 1.31 bits per heavy atom. The van der Waals surface area contributed by atoms with Gasteiger partial charge in [-0.15, -0.1) is 12.4 Å². The van der Waals surface area contributed by atoms with Crippen molar-refractivity contribution in [2.45, 2.75) is 26.3 Å². The van der Waals surface area contributed by atoms with Crippen molar-refractivity contribution in [1.29, 1.82) is 0 Å². The molecule has 1 aliphatic rings. The van der Waals surface area contributed by atoms with Crippen molar-refractivity contribution in [3.8, 4) is 5.69 Å². The fraction of sp³-hybridized carbons (Fsp3) is 0.412. The number of rotatable bonds is 3. The Morgan fingerprint density at radius 2 is 1.96 bits per heavy atom. The van der Waals surface area contributed by atoms with Crippen LogP contribution in [0.25, 0.3) is 5.69 Å². The van der Waals surface area contributed by atoms with Gasteiger partial charge in [0, 0.05) is 37.5 Å². The third-order valence-electron chi connectivity index (χ3n) is 4.73. The van der Waals surface area contributed by atoms with Gasteiger partial charge < -0.3 is 10.6 Å². The van der Waals surface area contributed by atoms with E-state index in [1.807, 2.05) is 0 Å². The van der Waals surface area contributed by atoms with Crippen molar-refractivity contribution in [2.75, 3.05) is 13.1 Å². The van der Waals surface area contributed by atoms with Crippen molar-refractivity contribution in [3.05, 3.63) is 52.3 Å². The smallest absolute Gasteiger partial charge is 0.274 e. The van der Waals surface area contributed by atoms with Crippen LogP contribution in [0.4, 0.5) is 5.69 Å². The maximum Gasteiger partial charge on any atom is 0.274 e. The number of nitrogens with zero attached hydrogens (tertiary/aromatic N) is 4. The van der Waals surface area contributed by atoms with Crippen LogP contribution in [0.2, 0.25) is 0 Å². The van der Waals surface area contributed by atoms with Crippen LogP contribution in [0.15, 0.2) is 36.5 Å². The first-order chi connectivity index (χ1) is 11.8. The summed E-state index contributed by atoms with van der Waals surface area (Å²) in [6.45, 7) is 5.34. The number of hydrogen-bond donors (Lipinski definition) is 1. The average molecular weight is 380 g/mol. The highest BCUT2D eigenvalue weighted by molar-refractivity contribution is 5.92. The number of hydrogen-bond acceptors (Lipinski definition) is 5. The zero-order valence-corrected chi connectivity index (χ0v) is 15.5. The molecule has 1 amide bonds. The van der Waals surface area contributed by atoms with Crippen LogP contribution >= 0.6 is 12.4 Å². The normalized spacial score (nSPS) is 18.9. The lowest BCUT2D eigenvalue weighted by atomic mass is 9.79. The van der Waals surface area contributed by atoms with Crippen molar-refractivity contribution in [3.63, 3.8) is 0 Å². The van der Waals surface area contributed by atoms with Crippen LogP contribution in [0, 0.1) is 15.5 Å². The third kappa shape index (κ3) is 3.86. The van der Waals surface area contributed by atoms with Gasteiger partial charge in [-0.05, 0) is 30.0 Å². The molecule has 26 heavy (non-hydrogen) atoms. The monoisotopic (exact) mass is 379 g/mol. The second kappa shape index (κ2) is 7.43. The first kappa shape index (κ1) is 19.9. The van der Waals surface area contributed by atoms with Crippen LogP contribution in [-0.4, -0.2) is 44.6 Å². The van der Waals surface area contributed by atoms with E-state index >= 15 is 0 Å². The van der Waals surface area contributed by atoms with E-state index < -0.39 is 4.92 Å². The van der Waals surface area contributed by atoms with E-state index in [2.05, 4.69) is 18.9 Å². The molecule has 2 aromatic rings. The highest BCUT2D eigenvalue weighted by atomic mass is 35.5. The summed E-state index contributed by atoms with van der Waals surface area (Å²) in [6.07, 6.45) is 2.44. The summed E-state index contributed by atoms with van der Waals surface area (Å²) in [5.74, 6) is -0.124. The quantitative estimate of drug-likeness (QED) is 0.650. The molecule has 0 radical (unpaired) electrons. The molecule has 0 aliphatic carbocycles. The Balaban J connectivity index is 0.00000243. The van der Waals surface area contributed by atoms with Gasteiger partial charge in [-0.25, -0.2) is 4.68 Å². The van der Waals surface area contributed by atoms with Gasteiger partial charge in [0.2, 0.25) is 0 Å². The predicted octanol–water partition coefficient (Wildman–Crippen LogP) is 2.40. The molecule has 9 heteroatoms. The van der Waals surface area contributed by atoms with E-state index in [0.29, 0.717) is 24.5 Å². The van der Waals surface area contributed by atoms with Crippen LogP contribution in [0.1, 0.15) is 30.8 Å². The fourth-order valence-electron chi connectivity index (χ4n) is 3.02. The topological polar surface area (TPSA) is 107 Å². The highest BCUT2D eigenvalue weighted by Crippen LogP contribution is 2.28. The lowest BCUT2D eigenvalue weighted by molar-refractivity contribution is -0.384. The zero-order valence-electron chi connectivity index (χ0n) is 14.7. The number of benzene rings is 1. The van der Waals surface area contributed by atoms with Gasteiger partial charge in [-0.1, -0.05) is 13.8 Å². The van der Waals surface area contributed by atoms with Crippen molar-refractivity contribution < 1.29 is 9.72 Å². The lowest BCUT2D eigenvalue weighted by Crippen LogP contribution is -2.54. The number of piperidine rings is 1. The van der Waals surface area contributed by atoms with Gasteiger partial charge in [0.15, 0.2) is 5.69 Å². The average Bonchev–Trinajstić information content (AvgIpc) is 3.06. The molecule has 1 saturated heterocycles. The molecule has 140 valence electrons. The van der Waals surface area contributed by atoms with Gasteiger partial charge in [0.1, 0.15) is 0 Å². The van der Waals surface area contributed by atoms with Gasteiger partial charge in [-0.2, -0.15) is 5.10 Å². The van der Waals surface area contributed by atoms with E-state index in [9.17, 15) is 14.9 Å². The SMILES string of the molecule is CC1(C)CN(C(=O)c2ccn(-c3ccc([N+](=O)[O-])cc3)n2)CCC1N.Cl. The number of aromatic nitrogens is 2. The van der Waals surface area contributed by atoms with E-state index in [1.165, 1.54) is 16.8 Å². The summed E-state index contributed by atoms with van der Waals surface area (Å²) in [6, 6.07) is 7.75. The van der Waals surface area contributed by atoms with Crippen molar-refractivity contribution >= 4 is 24.0 Å². The number of non-ortho nitro benzene ring substituents is 1. The van der Waals surface area contributed by atoms with E-state index in [0.717, 1.165) is 6.42 Å². The molecule has 0 saturated carbocycles. The first-order valence-electron chi connectivity index (χ1n) is 8.13. The molecule has 1 aromatic carbocycles. The Hall–Kier alpha value is -2.45. The van der Waals surface area contributed by atoms with Crippen LogP contribution in [0.3, 0.4) is 0 Å². The van der Waals surface area contributed by atoms with Crippen LogP contribution in [0.5, 0.6) is 0 Å². The largest absolute Gasteiger partial charge is 0.337 e. The molecule has 2 heterocycles. The molecular formula is C17H22ClN5O3. The molecule has 0 spiro atoms. The second-order valence-corrected chi connectivity index (χ2v) is 7.03. The van der Waals surface area contributed by atoms with Gasteiger partial charge in [-0.3, -0.25) is 14.9 Å². The Kier molecular flexibility index (Phi) is 5.68. The molecule has 3 rings (SSSR count). The van der Waals surface area contributed by atoms with Gasteiger partial charge in [0.05, 0.1) is 10.6 Å². The standard InChI is InChI=1S/C17H21N5O3.ClH/c1-17(2)11-20(9-8-15(17)18)16(23)14-7-10-21(19-14)12-3-5-13(6-4-12)22(24)25;/h3-7,10,15H,8-9,11,18H2,1-2H3;1H. The Bertz CT molecular complexity index is 803. The molecular weight excluding hydrogens is 358 g/mol. The number of nitro groups is 1. The van der Waals surface area contributed by atoms with Crippen LogP contribution in [-0.2, 0) is 0 Å². The number of carbonyl (C=O) groups is 1. The highest BCUT2D eigenvalue weighted by Gasteiger charge is 2.36. The molecule has 2 N–H and O–H groups in total. The summed E-state index contributed by atoms with van der Waals surface area (Å²) in [4.78, 5) is 24.7. The Labute approximate surface area is 157 Å². The molecule has 1 aromatic heterocycles. The predicted molar refractivity (Wildman–Crippen MR) is 99.7 cm³/mol. The van der Waals surface area contributed by atoms with E-state index in [-0.39, 0.29) is 35.5 Å². The number of nitro benzene ring substituents is 1. The van der Waals surface area contributed by atoms with Gasteiger partial charge in [0.25, 0.3) is 11.6 Å². The van der Waals surface area contributed by atoms with E-state index in [1.54, 1.807) is 29.3 Å². The maximum absolute atomic E-state index is 12.7. The molecule has 1 fully saturated rings. The molecule has 1 unspecified atom stereocenters. The fourth-order valence-corrected chi connectivity index (χ4v) is 3.02. The third-order valence-corrected chi connectivity index (χ3v) is 4.73. The number of likely N-dealkylation sites (tertiary alicyclic amines) is 1. The maximum atomic E-state index is 12.7. The summed E-state index contributed by atoms with van der Waals surface area (Å²) in [5.41, 5.74) is 7.01. The van der Waals surface area contributed by atoms with Crippen LogP contribution < -0.4 is 5.73 Å². The Morgan fingerprint density at radius 3 is 2.54 bits per heavy atom. The minimum atomic E-state index is -0.454.